The molecule has 40 heavy (non-hydrogen) atoms. The van der Waals surface area contributed by atoms with E-state index < -0.39 is 0 Å². The van der Waals surface area contributed by atoms with E-state index in [0.29, 0.717) is 29.8 Å². The summed E-state index contributed by atoms with van der Waals surface area (Å²) in [6, 6.07) is 3.88. The van der Waals surface area contributed by atoms with Crippen molar-refractivity contribution in [3.05, 3.63) is 17.7 Å². The number of ether oxygens (including phenoxy) is 2. The highest BCUT2D eigenvalue weighted by Crippen LogP contribution is 2.49. The van der Waals surface area contributed by atoms with E-state index in [1.807, 2.05) is 26.1 Å². The molecule has 2 bridgehead atoms. The Morgan fingerprint density at radius 3 is 2.35 bits per heavy atom. The molecule has 9 heteroatoms. The molecular weight excluding hydrogens is 525 g/mol. The van der Waals surface area contributed by atoms with Crippen molar-refractivity contribution in [2.24, 2.45) is 23.7 Å². The Morgan fingerprint density at radius 1 is 0.925 bits per heavy atom. The first-order valence-corrected chi connectivity index (χ1v) is 16.0. The molecule has 0 radical (unpaired) electrons. The smallest absolute Gasteiger partial charge is 0.308 e. The molecule has 220 valence electrons. The molecule has 0 spiro atoms. The third-order valence-corrected chi connectivity index (χ3v) is 10.2. The van der Waals surface area contributed by atoms with Gasteiger partial charge in [-0.25, -0.2) is 0 Å². The Kier molecular flexibility index (Phi) is 9.55. The summed E-state index contributed by atoms with van der Waals surface area (Å²) in [7, 11) is 4.53. The van der Waals surface area contributed by atoms with Gasteiger partial charge in [0.25, 0.3) is 5.91 Å². The molecule has 1 unspecified atom stereocenters. The lowest BCUT2D eigenvalue weighted by atomic mass is 9.83. The van der Waals surface area contributed by atoms with Crippen LogP contribution in [0.3, 0.4) is 0 Å². The Hall–Kier alpha value is -2.34. The Bertz CT molecular complexity index is 1080. The minimum Gasteiger partial charge on any atom is -0.490 e. The lowest BCUT2D eigenvalue weighted by Crippen LogP contribution is -2.51. The molecule has 4 saturated carbocycles. The van der Waals surface area contributed by atoms with Gasteiger partial charge in [-0.15, -0.1) is 9.24 Å². The number of rotatable bonds is 9. The van der Waals surface area contributed by atoms with Crippen molar-refractivity contribution in [2.45, 2.75) is 102 Å². The minimum atomic E-state index is -0.168. The zero-order valence-corrected chi connectivity index (χ0v) is 25.2. The minimum absolute atomic E-state index is 0.0141. The van der Waals surface area contributed by atoms with Crippen LogP contribution in [0.5, 0.6) is 5.75 Å². The van der Waals surface area contributed by atoms with Crippen molar-refractivity contribution >= 4 is 38.0 Å². The van der Waals surface area contributed by atoms with E-state index in [2.05, 4.69) is 25.2 Å². The van der Waals surface area contributed by atoms with E-state index in [9.17, 15) is 14.4 Å². The standard InChI is InChI=1S/C31H46N3O5P/c1-3-38-31(37)18-11-13-22(14-12-18)39-25-16-23(24(32-2)17-26(25)40)29(35)34-28-20-10-9-19(15-20)27(28)30(36)33-21-7-5-4-6-8-21/h16-22,27-28,32H,3-15,40H2,1-2H3,(H,33,36)(H,34,35)/t18?,19-,20+,22?,27+,28-/m1/s1. The number of benzene rings is 1. The average molecular weight is 572 g/mol. The molecule has 8 nitrogen and oxygen atoms in total. The number of anilines is 1. The summed E-state index contributed by atoms with van der Waals surface area (Å²) in [6.45, 7) is 2.24. The highest BCUT2D eigenvalue weighted by molar-refractivity contribution is 7.27. The second kappa shape index (κ2) is 13.1. The summed E-state index contributed by atoms with van der Waals surface area (Å²) in [4.78, 5) is 39.3. The maximum Gasteiger partial charge on any atom is 0.308 e. The van der Waals surface area contributed by atoms with Crippen molar-refractivity contribution in [1.82, 2.24) is 10.6 Å². The number of fused-ring (bicyclic) bond motifs is 2. The van der Waals surface area contributed by atoms with Gasteiger partial charge >= 0.3 is 5.97 Å². The fraction of sp³-hybridized carbons (Fsp3) is 0.710. The number of esters is 1. The molecule has 0 heterocycles. The maximum atomic E-state index is 13.8. The zero-order valence-electron chi connectivity index (χ0n) is 24.0. The fourth-order valence-corrected chi connectivity index (χ4v) is 7.92. The molecule has 5 atom stereocenters. The second-order valence-electron chi connectivity index (χ2n) is 12.2. The van der Waals surface area contributed by atoms with Crippen LogP contribution in [0.4, 0.5) is 5.69 Å². The van der Waals surface area contributed by atoms with Gasteiger partial charge in [0.05, 0.1) is 30.1 Å². The first-order chi connectivity index (χ1) is 19.4. The highest BCUT2D eigenvalue weighted by Gasteiger charge is 2.51. The average Bonchev–Trinajstić information content (AvgIpc) is 3.57. The largest absolute Gasteiger partial charge is 0.490 e. The van der Waals surface area contributed by atoms with Gasteiger partial charge in [-0.2, -0.15) is 0 Å². The summed E-state index contributed by atoms with van der Waals surface area (Å²) in [6.07, 6.45) is 11.9. The Labute approximate surface area is 240 Å². The van der Waals surface area contributed by atoms with Crippen LogP contribution in [0, 0.1) is 23.7 Å². The van der Waals surface area contributed by atoms with Crippen LogP contribution in [-0.2, 0) is 14.3 Å². The lowest BCUT2D eigenvalue weighted by molar-refractivity contribution is -0.149. The molecule has 1 aromatic rings. The molecule has 5 rings (SSSR count). The van der Waals surface area contributed by atoms with Gasteiger partial charge in [-0.3, -0.25) is 14.4 Å². The summed E-state index contributed by atoms with van der Waals surface area (Å²) in [5.74, 6) is 0.979. The molecule has 3 N–H and O–H groups in total. The number of amides is 2. The number of carbonyl (C=O) groups is 3. The van der Waals surface area contributed by atoms with Crippen LogP contribution in [-0.4, -0.2) is 49.6 Å². The van der Waals surface area contributed by atoms with Gasteiger partial charge in [0.2, 0.25) is 5.91 Å². The molecule has 4 aliphatic carbocycles. The van der Waals surface area contributed by atoms with E-state index in [4.69, 9.17) is 9.47 Å². The summed E-state index contributed by atoms with van der Waals surface area (Å²) in [5.41, 5.74) is 1.25. The summed E-state index contributed by atoms with van der Waals surface area (Å²) < 4.78 is 11.6. The van der Waals surface area contributed by atoms with Crippen LogP contribution < -0.4 is 26.0 Å². The lowest BCUT2D eigenvalue weighted by Gasteiger charge is -2.33. The van der Waals surface area contributed by atoms with Crippen molar-refractivity contribution in [3.63, 3.8) is 0 Å². The topological polar surface area (TPSA) is 106 Å². The van der Waals surface area contributed by atoms with Crippen LogP contribution in [0.1, 0.15) is 94.3 Å². The number of hydrogen-bond donors (Lipinski definition) is 3. The van der Waals surface area contributed by atoms with Gasteiger partial charge in [-0.05, 0) is 88.7 Å². The number of carbonyl (C=O) groups excluding carboxylic acids is 3. The van der Waals surface area contributed by atoms with Crippen molar-refractivity contribution in [3.8, 4) is 5.75 Å². The highest BCUT2D eigenvalue weighted by atomic mass is 31.0. The number of hydrogen-bond acceptors (Lipinski definition) is 6. The third kappa shape index (κ3) is 6.42. The van der Waals surface area contributed by atoms with Crippen LogP contribution >= 0.6 is 9.24 Å². The Morgan fingerprint density at radius 2 is 1.65 bits per heavy atom. The van der Waals surface area contributed by atoms with Crippen LogP contribution in [0.2, 0.25) is 0 Å². The van der Waals surface area contributed by atoms with E-state index in [0.717, 1.165) is 68.8 Å². The van der Waals surface area contributed by atoms with Crippen LogP contribution in [0.15, 0.2) is 12.1 Å². The Balaban J connectivity index is 1.26. The first-order valence-electron chi connectivity index (χ1n) is 15.4. The number of nitrogens with one attached hydrogen (secondary N) is 3. The molecular formula is C31H46N3O5P. The molecule has 1 aromatic carbocycles. The van der Waals surface area contributed by atoms with Gasteiger partial charge in [0.15, 0.2) is 0 Å². The predicted octanol–water partition coefficient (Wildman–Crippen LogP) is 4.32. The van der Waals surface area contributed by atoms with Crippen LogP contribution in [0.25, 0.3) is 0 Å². The fourth-order valence-electron chi connectivity index (χ4n) is 7.60. The third-order valence-electron chi connectivity index (χ3n) is 9.72. The SMILES string of the molecule is CCOC(=O)C1CCC(Oc2cc(C(=O)N[C@@H]3[C@H]4CC[C@H](C4)[C@@H]3C(=O)NC3CCCCC3)c(NC)cc2P)CC1. The molecule has 0 saturated heterocycles. The van der Waals surface area contributed by atoms with E-state index >= 15 is 0 Å². The van der Waals surface area contributed by atoms with E-state index in [1.165, 1.54) is 19.3 Å². The van der Waals surface area contributed by atoms with Gasteiger partial charge in [0, 0.05) is 30.1 Å². The van der Waals surface area contributed by atoms with Gasteiger partial charge < -0.3 is 25.4 Å². The molecule has 2 amide bonds. The monoisotopic (exact) mass is 571 g/mol. The predicted molar refractivity (Wildman–Crippen MR) is 159 cm³/mol. The molecule has 4 aliphatic rings. The van der Waals surface area contributed by atoms with E-state index in [-0.39, 0.29) is 47.8 Å². The van der Waals surface area contributed by atoms with Crippen molar-refractivity contribution in [2.75, 3.05) is 19.0 Å². The second-order valence-corrected chi connectivity index (χ2v) is 12.9. The van der Waals surface area contributed by atoms with Crippen molar-refractivity contribution < 1.29 is 23.9 Å². The summed E-state index contributed by atoms with van der Waals surface area (Å²) in [5, 5.41) is 10.7. The molecule has 0 aliphatic heterocycles. The zero-order chi connectivity index (χ0) is 28.2. The van der Waals surface area contributed by atoms with Gasteiger partial charge in [-0.1, -0.05) is 19.3 Å². The quantitative estimate of drug-likeness (QED) is 0.301. The summed E-state index contributed by atoms with van der Waals surface area (Å²) >= 11 is 0. The van der Waals surface area contributed by atoms with Crippen molar-refractivity contribution in [1.29, 1.82) is 0 Å². The van der Waals surface area contributed by atoms with E-state index in [1.54, 1.807) is 0 Å². The first kappa shape index (κ1) is 29.2. The maximum absolute atomic E-state index is 13.8. The van der Waals surface area contributed by atoms with Gasteiger partial charge in [0.1, 0.15) is 5.75 Å². The normalized spacial score (nSPS) is 30.0. The molecule has 0 aromatic heterocycles. The molecule has 4 fully saturated rings.